The minimum absolute atomic E-state index is 0.0133. The quantitative estimate of drug-likeness (QED) is 0.774. The number of piperazine rings is 1. The van der Waals surface area contributed by atoms with Gasteiger partial charge in [0.25, 0.3) is 0 Å². The second kappa shape index (κ2) is 7.52. The Labute approximate surface area is 130 Å². The number of methoxy groups -OCH3 is 2. The lowest BCUT2D eigenvalue weighted by molar-refractivity contribution is -0.130. The van der Waals surface area contributed by atoms with Crippen LogP contribution in [-0.4, -0.2) is 62.0 Å². The predicted octanol–water partition coefficient (Wildman–Crippen LogP) is 1.59. The summed E-state index contributed by atoms with van der Waals surface area (Å²) in [5, 5.41) is 0. The maximum atomic E-state index is 11.5. The summed E-state index contributed by atoms with van der Waals surface area (Å²) >= 11 is 5.59. The van der Waals surface area contributed by atoms with Gasteiger partial charge >= 0.3 is 0 Å². The number of nitrogens with zero attached hydrogens (tertiary/aromatic N) is 2. The molecule has 0 aromatic heterocycles. The highest BCUT2D eigenvalue weighted by molar-refractivity contribution is 6.27. The number of hydrogen-bond donors (Lipinski definition) is 0. The molecule has 0 atom stereocenters. The maximum absolute atomic E-state index is 11.5. The van der Waals surface area contributed by atoms with Crippen LogP contribution in [0.4, 0.5) is 0 Å². The smallest absolute Gasteiger partial charge is 0.237 e. The summed E-state index contributed by atoms with van der Waals surface area (Å²) in [6, 6.07) is 5.89. The third-order valence-corrected chi connectivity index (χ3v) is 3.89. The lowest BCUT2D eigenvalue weighted by atomic mass is 10.1. The molecule has 5 nitrogen and oxygen atoms in total. The molecule has 0 unspecified atom stereocenters. The Kier molecular flexibility index (Phi) is 5.70. The lowest BCUT2D eigenvalue weighted by Crippen LogP contribution is -2.48. The molecular weight excluding hydrogens is 292 g/mol. The first-order valence-corrected chi connectivity index (χ1v) is 7.47. The summed E-state index contributed by atoms with van der Waals surface area (Å²) in [5.74, 6) is 1.66. The summed E-state index contributed by atoms with van der Waals surface area (Å²) in [6.45, 7) is 3.97. The minimum Gasteiger partial charge on any atom is -0.497 e. The molecule has 1 saturated heterocycles. The highest BCUT2D eigenvalue weighted by Crippen LogP contribution is 2.23. The van der Waals surface area contributed by atoms with Crippen LogP contribution in [0.1, 0.15) is 5.56 Å². The molecule has 0 saturated carbocycles. The van der Waals surface area contributed by atoms with Crippen molar-refractivity contribution in [2.75, 3.05) is 46.3 Å². The largest absolute Gasteiger partial charge is 0.497 e. The standard InChI is InChI=1S/C15H21ClN2O3/c1-20-13-7-12(8-14(9-13)21-2)11-17-3-5-18(6-4-17)15(19)10-16/h7-9H,3-6,10-11H2,1-2H3. The Bertz CT molecular complexity index is 466. The van der Waals surface area contributed by atoms with Crippen molar-refractivity contribution in [3.63, 3.8) is 0 Å². The van der Waals surface area contributed by atoms with Crippen molar-refractivity contribution < 1.29 is 14.3 Å². The zero-order valence-corrected chi connectivity index (χ0v) is 13.2. The van der Waals surface area contributed by atoms with Gasteiger partial charge in [-0.3, -0.25) is 9.69 Å². The van der Waals surface area contributed by atoms with Crippen LogP contribution in [0.5, 0.6) is 11.5 Å². The number of amides is 1. The number of rotatable bonds is 5. The van der Waals surface area contributed by atoms with E-state index in [1.54, 1.807) is 14.2 Å². The summed E-state index contributed by atoms with van der Waals surface area (Å²) in [7, 11) is 3.30. The maximum Gasteiger partial charge on any atom is 0.237 e. The molecule has 0 spiro atoms. The fourth-order valence-electron chi connectivity index (χ4n) is 2.46. The highest BCUT2D eigenvalue weighted by atomic mass is 35.5. The molecule has 1 heterocycles. The molecule has 0 radical (unpaired) electrons. The summed E-state index contributed by atoms with van der Waals surface area (Å²) < 4.78 is 10.6. The number of ether oxygens (including phenoxy) is 2. The summed E-state index contributed by atoms with van der Waals surface area (Å²) in [5.41, 5.74) is 1.14. The fourth-order valence-corrected chi connectivity index (χ4v) is 2.62. The molecule has 0 N–H and O–H groups in total. The number of hydrogen-bond acceptors (Lipinski definition) is 4. The number of carbonyl (C=O) groups excluding carboxylic acids is 1. The van der Waals surface area contributed by atoms with Crippen LogP contribution in [0.15, 0.2) is 18.2 Å². The minimum atomic E-state index is 0.0133. The molecule has 1 aromatic rings. The van der Waals surface area contributed by atoms with E-state index in [0.29, 0.717) is 0 Å². The number of benzene rings is 1. The van der Waals surface area contributed by atoms with Crippen molar-refractivity contribution in [2.45, 2.75) is 6.54 Å². The third kappa shape index (κ3) is 4.25. The Hall–Kier alpha value is -1.46. The molecule has 21 heavy (non-hydrogen) atoms. The monoisotopic (exact) mass is 312 g/mol. The highest BCUT2D eigenvalue weighted by Gasteiger charge is 2.20. The van der Waals surface area contributed by atoms with Crippen LogP contribution in [0.3, 0.4) is 0 Å². The van der Waals surface area contributed by atoms with E-state index in [9.17, 15) is 4.79 Å². The Balaban J connectivity index is 1.95. The molecular formula is C15H21ClN2O3. The van der Waals surface area contributed by atoms with E-state index in [0.717, 1.165) is 49.8 Å². The Morgan fingerprint density at radius 3 is 2.14 bits per heavy atom. The first kappa shape index (κ1) is 15.9. The molecule has 0 aliphatic carbocycles. The zero-order valence-electron chi connectivity index (χ0n) is 12.5. The van der Waals surface area contributed by atoms with E-state index in [-0.39, 0.29) is 11.8 Å². The van der Waals surface area contributed by atoms with E-state index in [1.807, 2.05) is 23.1 Å². The van der Waals surface area contributed by atoms with E-state index in [1.165, 1.54) is 0 Å². The number of carbonyl (C=O) groups is 1. The molecule has 116 valence electrons. The van der Waals surface area contributed by atoms with Gasteiger partial charge < -0.3 is 14.4 Å². The fraction of sp³-hybridized carbons (Fsp3) is 0.533. The van der Waals surface area contributed by atoms with Gasteiger partial charge in [0.2, 0.25) is 5.91 Å². The van der Waals surface area contributed by atoms with E-state index in [2.05, 4.69) is 4.90 Å². The molecule has 6 heteroatoms. The number of halogens is 1. The van der Waals surface area contributed by atoms with Gasteiger partial charge in [-0.2, -0.15) is 0 Å². The van der Waals surface area contributed by atoms with Gasteiger partial charge in [-0.25, -0.2) is 0 Å². The summed E-state index contributed by atoms with van der Waals surface area (Å²) in [6.07, 6.45) is 0. The number of alkyl halides is 1. The van der Waals surface area contributed by atoms with E-state index >= 15 is 0 Å². The SMILES string of the molecule is COc1cc(CN2CCN(C(=O)CCl)CC2)cc(OC)c1. The van der Waals surface area contributed by atoms with Gasteiger partial charge in [-0.05, 0) is 17.7 Å². The van der Waals surface area contributed by atoms with Crippen LogP contribution in [-0.2, 0) is 11.3 Å². The summed E-state index contributed by atoms with van der Waals surface area (Å²) in [4.78, 5) is 15.7. The topological polar surface area (TPSA) is 42.0 Å². The molecule has 1 aliphatic heterocycles. The molecule has 2 rings (SSSR count). The van der Waals surface area contributed by atoms with Crippen LogP contribution in [0, 0.1) is 0 Å². The molecule has 0 bridgehead atoms. The average Bonchev–Trinajstić information content (AvgIpc) is 2.54. The van der Waals surface area contributed by atoms with Crippen LogP contribution >= 0.6 is 11.6 Å². The molecule has 1 amide bonds. The Morgan fingerprint density at radius 1 is 1.10 bits per heavy atom. The van der Waals surface area contributed by atoms with Crippen molar-refractivity contribution in [2.24, 2.45) is 0 Å². The van der Waals surface area contributed by atoms with Gasteiger partial charge in [0.05, 0.1) is 14.2 Å². The van der Waals surface area contributed by atoms with Gasteiger partial charge in [0.15, 0.2) is 0 Å². The van der Waals surface area contributed by atoms with Crippen LogP contribution < -0.4 is 9.47 Å². The van der Waals surface area contributed by atoms with E-state index in [4.69, 9.17) is 21.1 Å². The van der Waals surface area contributed by atoms with Gasteiger partial charge in [-0.15, -0.1) is 11.6 Å². The average molecular weight is 313 g/mol. The van der Waals surface area contributed by atoms with Crippen molar-refractivity contribution in [3.8, 4) is 11.5 Å². The molecule has 1 fully saturated rings. The predicted molar refractivity (Wildman–Crippen MR) is 82.1 cm³/mol. The van der Waals surface area contributed by atoms with Gasteiger partial charge in [-0.1, -0.05) is 0 Å². The van der Waals surface area contributed by atoms with Crippen molar-refractivity contribution in [3.05, 3.63) is 23.8 Å². The van der Waals surface area contributed by atoms with Gasteiger partial charge in [0, 0.05) is 38.8 Å². The van der Waals surface area contributed by atoms with Crippen molar-refractivity contribution in [1.29, 1.82) is 0 Å². The Morgan fingerprint density at radius 2 is 1.67 bits per heavy atom. The lowest BCUT2D eigenvalue weighted by Gasteiger charge is -2.34. The zero-order chi connectivity index (χ0) is 15.2. The van der Waals surface area contributed by atoms with E-state index < -0.39 is 0 Å². The second-order valence-corrected chi connectivity index (χ2v) is 5.28. The van der Waals surface area contributed by atoms with Crippen LogP contribution in [0.2, 0.25) is 0 Å². The van der Waals surface area contributed by atoms with Crippen molar-refractivity contribution >= 4 is 17.5 Å². The van der Waals surface area contributed by atoms with Crippen LogP contribution in [0.25, 0.3) is 0 Å². The first-order valence-electron chi connectivity index (χ1n) is 6.94. The van der Waals surface area contributed by atoms with Crippen molar-refractivity contribution in [1.82, 2.24) is 9.80 Å². The normalized spacial score (nSPS) is 15.9. The molecule has 1 aliphatic rings. The van der Waals surface area contributed by atoms with Gasteiger partial charge in [0.1, 0.15) is 17.4 Å². The second-order valence-electron chi connectivity index (χ2n) is 5.01. The third-order valence-electron chi connectivity index (χ3n) is 3.66. The first-order chi connectivity index (χ1) is 10.2. The molecule has 1 aromatic carbocycles.